The summed E-state index contributed by atoms with van der Waals surface area (Å²) in [7, 11) is 0. The van der Waals surface area contributed by atoms with E-state index in [-0.39, 0.29) is 5.92 Å². The van der Waals surface area contributed by atoms with Crippen molar-refractivity contribution in [2.75, 3.05) is 0 Å². The van der Waals surface area contributed by atoms with E-state index in [0.29, 0.717) is 5.82 Å². The third-order valence-corrected chi connectivity index (χ3v) is 3.20. The number of carboxylic acid groups (broad SMARTS) is 1. The Labute approximate surface area is 137 Å². The largest absolute Gasteiger partial charge is 0.480 e. The number of imidazole rings is 1. The van der Waals surface area contributed by atoms with Crippen molar-refractivity contribution in [3.8, 4) is 0 Å². The monoisotopic (exact) mass is 351 g/mol. The van der Waals surface area contributed by atoms with Crippen molar-refractivity contribution >= 4 is 51.8 Å². The number of aromatic amines is 1. The lowest BCUT2D eigenvalue weighted by Crippen LogP contribution is -2.34. The molecular formula is C13H16Cl3N3O2. The van der Waals surface area contributed by atoms with Gasteiger partial charge in [-0.1, -0.05) is 60.8 Å². The van der Waals surface area contributed by atoms with Crippen molar-refractivity contribution in [3.63, 3.8) is 0 Å². The molecule has 1 atom stereocenters. The van der Waals surface area contributed by atoms with Gasteiger partial charge in [-0.2, -0.15) is 0 Å². The highest BCUT2D eigenvalue weighted by molar-refractivity contribution is 6.66. The molecule has 0 aliphatic carbocycles. The normalized spacial score (nSPS) is 12.9. The number of aliphatic carboxylic acids is 1. The summed E-state index contributed by atoms with van der Waals surface area (Å²) >= 11 is 17.0. The van der Waals surface area contributed by atoms with Crippen molar-refractivity contribution in [1.29, 1.82) is 0 Å². The molecule has 4 N–H and O–H groups in total. The smallest absolute Gasteiger partial charge is 0.320 e. The number of halogens is 3. The summed E-state index contributed by atoms with van der Waals surface area (Å²) in [5.41, 5.74) is 6.82. The van der Waals surface area contributed by atoms with Gasteiger partial charge < -0.3 is 15.8 Å². The molecule has 116 valence electrons. The summed E-state index contributed by atoms with van der Waals surface area (Å²) in [5.74, 6) is -0.564. The second kappa shape index (κ2) is 7.31. The standard InChI is InChI=1S/C8H5Cl3N2.C5H11NO2/c9-8(10,11)7-12-5-3-1-2-4-6(5)13-7;1-3(2)4(6)5(7)8/h1-4H,(H,12,13);3-4H,6H2,1-2H3,(H,7,8)/t;4-/m.0/s1. The molecule has 1 aromatic carbocycles. The summed E-state index contributed by atoms with van der Waals surface area (Å²) in [6, 6.07) is 6.79. The van der Waals surface area contributed by atoms with Crippen molar-refractivity contribution in [2.45, 2.75) is 23.7 Å². The van der Waals surface area contributed by atoms with E-state index < -0.39 is 15.8 Å². The predicted octanol–water partition coefficient (Wildman–Crippen LogP) is 3.44. The number of rotatable bonds is 2. The quantitative estimate of drug-likeness (QED) is 0.722. The number of nitrogens with one attached hydrogen (secondary N) is 1. The Morgan fingerprint density at radius 3 is 2.29 bits per heavy atom. The maximum atomic E-state index is 10.0. The summed E-state index contributed by atoms with van der Waals surface area (Å²) in [5, 5.41) is 8.23. The van der Waals surface area contributed by atoms with Crippen molar-refractivity contribution in [1.82, 2.24) is 9.97 Å². The SMILES string of the molecule is CC(C)[C@H](N)C(=O)O.ClC(Cl)(Cl)c1nc2ccccc2[nH]1. The number of nitrogens with zero attached hydrogens (tertiary/aromatic N) is 1. The third kappa shape index (κ3) is 5.36. The summed E-state index contributed by atoms with van der Waals surface area (Å²) in [6.07, 6.45) is 0. The molecule has 2 aromatic rings. The number of carboxylic acids is 1. The average Bonchev–Trinajstić information content (AvgIpc) is 2.82. The van der Waals surface area contributed by atoms with Crippen LogP contribution in [0, 0.1) is 5.92 Å². The molecule has 0 radical (unpaired) electrons. The molecule has 1 aromatic heterocycles. The Bertz CT molecular complexity index is 575. The lowest BCUT2D eigenvalue weighted by atomic mass is 10.1. The molecule has 0 aliphatic heterocycles. The average molecular weight is 353 g/mol. The molecule has 1 heterocycles. The van der Waals surface area contributed by atoms with Gasteiger partial charge in [0.1, 0.15) is 6.04 Å². The number of aromatic nitrogens is 2. The molecule has 21 heavy (non-hydrogen) atoms. The van der Waals surface area contributed by atoms with Gasteiger partial charge in [0.05, 0.1) is 11.0 Å². The second-order valence-corrected chi connectivity index (χ2v) is 6.99. The third-order valence-electron chi connectivity index (χ3n) is 2.66. The van der Waals surface area contributed by atoms with E-state index in [0.717, 1.165) is 11.0 Å². The molecule has 0 unspecified atom stereocenters. The first-order valence-corrected chi connectivity index (χ1v) is 7.26. The second-order valence-electron chi connectivity index (χ2n) is 4.71. The predicted molar refractivity (Wildman–Crippen MR) is 85.8 cm³/mol. The molecule has 5 nitrogen and oxygen atoms in total. The maximum absolute atomic E-state index is 10.0. The summed E-state index contributed by atoms with van der Waals surface area (Å²) < 4.78 is -1.49. The molecule has 0 saturated heterocycles. The number of hydrogen-bond donors (Lipinski definition) is 3. The highest BCUT2D eigenvalue weighted by Gasteiger charge is 2.26. The number of benzene rings is 1. The number of H-pyrrole nitrogens is 1. The number of fused-ring (bicyclic) bond motifs is 1. The van der Waals surface area contributed by atoms with Crippen LogP contribution in [0.2, 0.25) is 0 Å². The zero-order valence-corrected chi connectivity index (χ0v) is 13.7. The van der Waals surface area contributed by atoms with E-state index in [2.05, 4.69) is 9.97 Å². The Morgan fingerprint density at radius 2 is 1.90 bits per heavy atom. The van der Waals surface area contributed by atoms with Gasteiger partial charge in [-0.05, 0) is 18.1 Å². The molecule has 0 amide bonds. The molecule has 0 fully saturated rings. The van der Waals surface area contributed by atoms with Crippen LogP contribution in [0.4, 0.5) is 0 Å². The number of para-hydroxylation sites is 2. The summed E-state index contributed by atoms with van der Waals surface area (Å²) in [6.45, 7) is 3.55. The van der Waals surface area contributed by atoms with Crippen LogP contribution in [-0.4, -0.2) is 27.1 Å². The molecule has 8 heteroatoms. The van der Waals surface area contributed by atoms with Crippen LogP contribution < -0.4 is 5.73 Å². The van der Waals surface area contributed by atoms with Crippen LogP contribution in [0.1, 0.15) is 19.7 Å². The van der Waals surface area contributed by atoms with Crippen LogP contribution in [0.15, 0.2) is 24.3 Å². The van der Waals surface area contributed by atoms with Crippen molar-refractivity contribution in [3.05, 3.63) is 30.1 Å². The number of alkyl halides is 3. The van der Waals surface area contributed by atoms with Gasteiger partial charge in [-0.15, -0.1) is 0 Å². The Kier molecular flexibility index (Phi) is 6.28. The van der Waals surface area contributed by atoms with E-state index in [1.807, 2.05) is 24.3 Å². The maximum Gasteiger partial charge on any atom is 0.320 e. The van der Waals surface area contributed by atoms with Crippen LogP contribution in [0.5, 0.6) is 0 Å². The first-order chi connectivity index (χ1) is 9.62. The van der Waals surface area contributed by atoms with Gasteiger partial charge in [-0.3, -0.25) is 4.79 Å². The minimum atomic E-state index is -1.49. The fraction of sp³-hybridized carbons (Fsp3) is 0.385. The van der Waals surface area contributed by atoms with Crippen molar-refractivity contribution < 1.29 is 9.90 Å². The lowest BCUT2D eigenvalue weighted by molar-refractivity contribution is -0.139. The van der Waals surface area contributed by atoms with Gasteiger partial charge in [0.25, 0.3) is 0 Å². The molecule has 0 saturated carbocycles. The molecule has 0 bridgehead atoms. The summed E-state index contributed by atoms with van der Waals surface area (Å²) in [4.78, 5) is 17.1. The molecular weight excluding hydrogens is 337 g/mol. The van der Waals surface area contributed by atoms with Crippen LogP contribution in [0.25, 0.3) is 11.0 Å². The van der Waals surface area contributed by atoms with Crippen LogP contribution >= 0.6 is 34.8 Å². The number of nitrogens with two attached hydrogens (primary N) is 1. The van der Waals surface area contributed by atoms with E-state index >= 15 is 0 Å². The molecule has 2 rings (SSSR count). The first-order valence-electron chi connectivity index (χ1n) is 6.13. The minimum Gasteiger partial charge on any atom is -0.480 e. The first kappa shape index (κ1) is 18.0. The van der Waals surface area contributed by atoms with Crippen LogP contribution in [-0.2, 0) is 8.59 Å². The van der Waals surface area contributed by atoms with E-state index in [1.54, 1.807) is 13.8 Å². The lowest BCUT2D eigenvalue weighted by Gasteiger charge is -2.07. The zero-order valence-electron chi connectivity index (χ0n) is 11.5. The fourth-order valence-corrected chi connectivity index (χ4v) is 1.64. The molecule has 0 spiro atoms. The molecule has 0 aliphatic rings. The van der Waals surface area contributed by atoms with E-state index in [4.69, 9.17) is 45.6 Å². The fourth-order valence-electron chi connectivity index (χ4n) is 1.37. The topological polar surface area (TPSA) is 92.0 Å². The van der Waals surface area contributed by atoms with Crippen LogP contribution in [0.3, 0.4) is 0 Å². The Balaban J connectivity index is 0.000000240. The minimum absolute atomic E-state index is 0.0208. The number of carbonyl (C=O) groups is 1. The zero-order chi connectivity index (χ0) is 16.2. The van der Waals surface area contributed by atoms with Crippen molar-refractivity contribution in [2.24, 2.45) is 11.7 Å². The van der Waals surface area contributed by atoms with E-state index in [9.17, 15) is 4.79 Å². The van der Waals surface area contributed by atoms with Gasteiger partial charge >= 0.3 is 5.97 Å². The Morgan fingerprint density at radius 1 is 1.33 bits per heavy atom. The van der Waals surface area contributed by atoms with E-state index in [1.165, 1.54) is 0 Å². The van der Waals surface area contributed by atoms with Gasteiger partial charge in [-0.25, -0.2) is 4.98 Å². The number of hydrogen-bond acceptors (Lipinski definition) is 3. The van der Waals surface area contributed by atoms with Gasteiger partial charge in [0.15, 0.2) is 5.82 Å². The van der Waals surface area contributed by atoms with Gasteiger partial charge in [0, 0.05) is 0 Å². The Hall–Kier alpha value is -1.01. The highest BCUT2D eigenvalue weighted by Crippen LogP contribution is 2.36. The highest BCUT2D eigenvalue weighted by atomic mass is 35.6. The van der Waals surface area contributed by atoms with Gasteiger partial charge in [0.2, 0.25) is 3.79 Å².